The summed E-state index contributed by atoms with van der Waals surface area (Å²) in [7, 11) is 0. The minimum absolute atomic E-state index is 0.146. The van der Waals surface area contributed by atoms with E-state index < -0.39 is 0 Å². The number of hydrogen-bond donors (Lipinski definition) is 0. The van der Waals surface area contributed by atoms with Gasteiger partial charge < -0.3 is 4.52 Å². The van der Waals surface area contributed by atoms with Crippen LogP contribution in [-0.4, -0.2) is 19.7 Å². The van der Waals surface area contributed by atoms with E-state index in [9.17, 15) is 9.18 Å². The van der Waals surface area contributed by atoms with Crippen molar-refractivity contribution in [1.29, 1.82) is 0 Å². The van der Waals surface area contributed by atoms with E-state index >= 15 is 0 Å². The molecule has 0 aliphatic heterocycles. The summed E-state index contributed by atoms with van der Waals surface area (Å²) in [6.07, 6.45) is 0. The summed E-state index contributed by atoms with van der Waals surface area (Å²) >= 11 is 1.32. The van der Waals surface area contributed by atoms with Gasteiger partial charge in [0.15, 0.2) is 11.0 Å². The van der Waals surface area contributed by atoms with Gasteiger partial charge in [0.2, 0.25) is 5.89 Å². The summed E-state index contributed by atoms with van der Waals surface area (Å²) in [5.74, 6) is 0.844. The fourth-order valence-electron chi connectivity index (χ4n) is 3.00. The molecule has 0 N–H and O–H groups in total. The highest BCUT2D eigenvalue weighted by molar-refractivity contribution is 7.99. The average Bonchev–Trinajstić information content (AvgIpc) is 3.21. The highest BCUT2D eigenvalue weighted by Gasteiger charge is 2.21. The van der Waals surface area contributed by atoms with Crippen molar-refractivity contribution in [1.82, 2.24) is 19.7 Å². The topological polar surface area (TPSA) is 73.8 Å². The molecule has 154 valence electrons. The minimum Gasteiger partial charge on any atom is -0.338 e. The molecule has 0 saturated heterocycles. The van der Waals surface area contributed by atoms with Crippen molar-refractivity contribution in [3.63, 3.8) is 0 Å². The fourth-order valence-corrected chi connectivity index (χ4v) is 3.95. The standard InChI is InChI=1S/C22H21FN4O2S/c1-12(2)19-25-20(29-26-19)14(4)30-22-24-18-8-6-5-7-16(18)21(28)27(22)15-10-9-13(3)17(23)11-15/h5-12,14H,1-4H3/t14-/m0/s1. The molecule has 0 radical (unpaired) electrons. The maximum absolute atomic E-state index is 14.3. The van der Waals surface area contributed by atoms with Crippen LogP contribution in [0.5, 0.6) is 0 Å². The molecule has 0 amide bonds. The van der Waals surface area contributed by atoms with Crippen LogP contribution < -0.4 is 5.56 Å². The third-order valence-corrected chi connectivity index (χ3v) is 5.80. The van der Waals surface area contributed by atoms with Crippen LogP contribution in [0.25, 0.3) is 16.6 Å². The van der Waals surface area contributed by atoms with Crippen LogP contribution in [0.3, 0.4) is 0 Å². The Morgan fingerprint density at radius 2 is 1.87 bits per heavy atom. The molecule has 0 bridgehead atoms. The lowest BCUT2D eigenvalue weighted by atomic mass is 10.2. The first-order chi connectivity index (χ1) is 14.3. The first-order valence-electron chi connectivity index (χ1n) is 9.63. The van der Waals surface area contributed by atoms with Crippen LogP contribution >= 0.6 is 11.8 Å². The maximum Gasteiger partial charge on any atom is 0.266 e. The van der Waals surface area contributed by atoms with Crippen LogP contribution in [0.1, 0.15) is 49.2 Å². The summed E-state index contributed by atoms with van der Waals surface area (Å²) in [5.41, 5.74) is 1.25. The fraction of sp³-hybridized carbons (Fsp3) is 0.273. The van der Waals surface area contributed by atoms with Crippen LogP contribution in [0.2, 0.25) is 0 Å². The molecule has 30 heavy (non-hydrogen) atoms. The number of hydrogen-bond acceptors (Lipinski definition) is 6. The Morgan fingerprint density at radius 1 is 1.10 bits per heavy atom. The molecule has 0 aliphatic rings. The molecule has 1 atom stereocenters. The lowest BCUT2D eigenvalue weighted by molar-refractivity contribution is 0.373. The Hall–Kier alpha value is -3.00. The second kappa shape index (κ2) is 8.02. The number of aryl methyl sites for hydroxylation is 1. The zero-order valence-electron chi connectivity index (χ0n) is 17.1. The van der Waals surface area contributed by atoms with Gasteiger partial charge in [0.05, 0.1) is 21.8 Å². The van der Waals surface area contributed by atoms with E-state index in [1.165, 1.54) is 22.4 Å². The van der Waals surface area contributed by atoms with Gasteiger partial charge in [-0.05, 0) is 43.7 Å². The first-order valence-corrected chi connectivity index (χ1v) is 10.5. The molecule has 0 spiro atoms. The third kappa shape index (κ3) is 3.75. The van der Waals surface area contributed by atoms with Crippen molar-refractivity contribution in [3.05, 3.63) is 75.9 Å². The van der Waals surface area contributed by atoms with Crippen molar-refractivity contribution in [2.24, 2.45) is 0 Å². The van der Waals surface area contributed by atoms with Crippen LogP contribution in [-0.2, 0) is 0 Å². The van der Waals surface area contributed by atoms with Crippen molar-refractivity contribution in [2.45, 2.75) is 44.0 Å². The molecule has 2 heterocycles. The Morgan fingerprint density at radius 3 is 2.57 bits per heavy atom. The number of fused-ring (bicyclic) bond motifs is 1. The lowest BCUT2D eigenvalue weighted by Gasteiger charge is -2.15. The molecular formula is C22H21FN4O2S. The summed E-state index contributed by atoms with van der Waals surface area (Å²) in [6, 6.07) is 11.8. The van der Waals surface area contributed by atoms with E-state index in [2.05, 4.69) is 15.1 Å². The predicted molar refractivity (Wildman–Crippen MR) is 115 cm³/mol. The van der Waals surface area contributed by atoms with E-state index in [4.69, 9.17) is 4.52 Å². The van der Waals surface area contributed by atoms with Gasteiger partial charge in [-0.3, -0.25) is 9.36 Å². The highest BCUT2D eigenvalue weighted by Crippen LogP contribution is 2.34. The molecule has 6 nitrogen and oxygen atoms in total. The summed E-state index contributed by atoms with van der Waals surface area (Å²) in [6.45, 7) is 7.56. The van der Waals surface area contributed by atoms with Crippen LogP contribution in [0.15, 0.2) is 56.9 Å². The summed E-state index contributed by atoms with van der Waals surface area (Å²) in [5, 5.41) is 4.66. The Labute approximate surface area is 177 Å². The smallest absolute Gasteiger partial charge is 0.266 e. The lowest BCUT2D eigenvalue weighted by Crippen LogP contribution is -2.22. The zero-order valence-corrected chi connectivity index (χ0v) is 17.9. The molecule has 2 aromatic heterocycles. The Balaban J connectivity index is 1.84. The van der Waals surface area contributed by atoms with Gasteiger partial charge in [0.25, 0.3) is 5.56 Å². The van der Waals surface area contributed by atoms with Crippen molar-refractivity contribution in [2.75, 3.05) is 0 Å². The zero-order chi connectivity index (χ0) is 21.4. The monoisotopic (exact) mass is 424 g/mol. The van der Waals surface area contributed by atoms with Gasteiger partial charge >= 0.3 is 0 Å². The quantitative estimate of drug-likeness (QED) is 0.324. The van der Waals surface area contributed by atoms with E-state index in [0.717, 1.165) is 0 Å². The van der Waals surface area contributed by atoms with Crippen LogP contribution in [0.4, 0.5) is 4.39 Å². The number of halogens is 1. The number of aromatic nitrogens is 4. The van der Waals surface area contributed by atoms with Gasteiger partial charge in [0.1, 0.15) is 5.82 Å². The van der Waals surface area contributed by atoms with E-state index in [0.29, 0.717) is 39.0 Å². The van der Waals surface area contributed by atoms with Gasteiger partial charge in [-0.25, -0.2) is 9.37 Å². The van der Waals surface area contributed by atoms with Crippen molar-refractivity contribution < 1.29 is 8.91 Å². The number of thioether (sulfide) groups is 1. The maximum atomic E-state index is 14.3. The average molecular weight is 425 g/mol. The van der Waals surface area contributed by atoms with Crippen molar-refractivity contribution >= 4 is 22.7 Å². The number of benzene rings is 2. The van der Waals surface area contributed by atoms with E-state index in [1.807, 2.05) is 26.8 Å². The normalized spacial score (nSPS) is 12.6. The van der Waals surface area contributed by atoms with Gasteiger partial charge in [0, 0.05) is 5.92 Å². The molecule has 0 aliphatic carbocycles. The van der Waals surface area contributed by atoms with Gasteiger partial charge in [-0.2, -0.15) is 4.98 Å². The SMILES string of the molecule is Cc1ccc(-n2c(S[C@@H](C)c3nc(C(C)C)no3)nc3ccccc3c2=O)cc1F. The summed E-state index contributed by atoms with van der Waals surface area (Å²) < 4.78 is 21.1. The largest absolute Gasteiger partial charge is 0.338 e. The molecule has 0 unspecified atom stereocenters. The number of rotatable bonds is 5. The summed E-state index contributed by atoms with van der Waals surface area (Å²) in [4.78, 5) is 22.4. The number of nitrogens with zero attached hydrogens (tertiary/aromatic N) is 4. The van der Waals surface area contributed by atoms with Gasteiger partial charge in [-0.15, -0.1) is 0 Å². The molecular weight excluding hydrogens is 403 g/mol. The second-order valence-electron chi connectivity index (χ2n) is 7.39. The predicted octanol–water partition coefficient (Wildman–Crippen LogP) is 5.19. The minimum atomic E-state index is -0.380. The third-order valence-electron chi connectivity index (χ3n) is 4.76. The Kier molecular flexibility index (Phi) is 5.42. The van der Waals surface area contributed by atoms with Gasteiger partial charge in [-0.1, -0.05) is 49.0 Å². The highest BCUT2D eigenvalue weighted by atomic mass is 32.2. The van der Waals surface area contributed by atoms with E-state index in [-0.39, 0.29) is 22.5 Å². The van der Waals surface area contributed by atoms with Crippen molar-refractivity contribution in [3.8, 4) is 5.69 Å². The van der Waals surface area contributed by atoms with Crippen LogP contribution in [0, 0.1) is 12.7 Å². The molecule has 0 saturated carbocycles. The van der Waals surface area contributed by atoms with E-state index in [1.54, 1.807) is 37.3 Å². The molecule has 8 heteroatoms. The first kappa shape index (κ1) is 20.3. The molecule has 0 fully saturated rings. The number of para-hydroxylation sites is 1. The molecule has 4 rings (SSSR count). The Bertz CT molecular complexity index is 1280. The molecule has 4 aromatic rings. The molecule has 2 aromatic carbocycles. The second-order valence-corrected chi connectivity index (χ2v) is 8.70.